The molecule has 0 radical (unpaired) electrons. The summed E-state index contributed by atoms with van der Waals surface area (Å²) in [7, 11) is 1.28. The van der Waals surface area contributed by atoms with Crippen LogP contribution < -0.4 is 0 Å². The van der Waals surface area contributed by atoms with Gasteiger partial charge in [0.05, 0.1) is 12.7 Å². The van der Waals surface area contributed by atoms with Crippen molar-refractivity contribution in [3.63, 3.8) is 0 Å². The van der Waals surface area contributed by atoms with Crippen LogP contribution in [0.4, 0.5) is 4.39 Å². The first-order chi connectivity index (χ1) is 10.1. The Morgan fingerprint density at radius 1 is 1.33 bits per heavy atom. The Bertz CT molecular complexity index is 847. The van der Waals surface area contributed by atoms with Crippen LogP contribution >= 0.6 is 15.9 Å². The Balaban J connectivity index is 2.22. The maximum absolute atomic E-state index is 13.9. The second kappa shape index (κ2) is 5.25. The highest BCUT2D eigenvalue weighted by molar-refractivity contribution is 9.10. The van der Waals surface area contributed by atoms with Gasteiger partial charge in [0.25, 0.3) is 0 Å². The van der Waals surface area contributed by atoms with E-state index in [-0.39, 0.29) is 17.1 Å². The summed E-state index contributed by atoms with van der Waals surface area (Å²) in [5, 5.41) is 4.20. The lowest BCUT2D eigenvalue weighted by Gasteiger charge is -2.00. The van der Waals surface area contributed by atoms with Crippen LogP contribution in [0.2, 0.25) is 0 Å². The topological polar surface area (TPSA) is 56.5 Å². The molecule has 0 bridgehead atoms. The number of pyridine rings is 1. The quantitative estimate of drug-likeness (QED) is 0.667. The standard InChI is InChI=1S/C14H9BrFN3O2/c1-21-14(20)11-3-2-4-12-17-13(18-19(11)12)9-7-8(15)5-6-10(9)16/h2-7H,1H3. The second-order valence-corrected chi connectivity index (χ2v) is 5.15. The number of esters is 1. The third-order valence-electron chi connectivity index (χ3n) is 2.92. The molecule has 5 nitrogen and oxygen atoms in total. The van der Waals surface area contributed by atoms with Crippen LogP contribution in [0.1, 0.15) is 10.5 Å². The number of carbonyl (C=O) groups excluding carboxylic acids is 1. The number of nitrogens with zero attached hydrogens (tertiary/aromatic N) is 3. The van der Waals surface area contributed by atoms with E-state index in [4.69, 9.17) is 4.74 Å². The van der Waals surface area contributed by atoms with Crippen molar-refractivity contribution >= 4 is 27.5 Å². The van der Waals surface area contributed by atoms with Gasteiger partial charge in [-0.15, -0.1) is 5.10 Å². The van der Waals surface area contributed by atoms with Gasteiger partial charge in [0.1, 0.15) is 5.82 Å². The highest BCUT2D eigenvalue weighted by Gasteiger charge is 2.16. The van der Waals surface area contributed by atoms with Gasteiger partial charge in [-0.25, -0.2) is 18.7 Å². The summed E-state index contributed by atoms with van der Waals surface area (Å²) in [6.45, 7) is 0. The number of methoxy groups -OCH3 is 1. The molecule has 0 aliphatic carbocycles. The van der Waals surface area contributed by atoms with Crippen LogP contribution in [0.15, 0.2) is 40.9 Å². The molecular formula is C14H9BrFN3O2. The van der Waals surface area contributed by atoms with Gasteiger partial charge in [0, 0.05) is 4.47 Å². The van der Waals surface area contributed by atoms with E-state index in [2.05, 4.69) is 26.0 Å². The van der Waals surface area contributed by atoms with E-state index in [1.54, 1.807) is 30.3 Å². The minimum Gasteiger partial charge on any atom is -0.464 e. The minimum atomic E-state index is -0.535. The Hall–Kier alpha value is -2.28. The average Bonchev–Trinajstić information content (AvgIpc) is 2.92. The van der Waals surface area contributed by atoms with Gasteiger partial charge < -0.3 is 4.74 Å². The van der Waals surface area contributed by atoms with Crippen LogP contribution in [0.25, 0.3) is 17.0 Å². The molecule has 0 saturated carbocycles. The van der Waals surface area contributed by atoms with Crippen molar-refractivity contribution in [1.82, 2.24) is 14.6 Å². The summed E-state index contributed by atoms with van der Waals surface area (Å²) in [6.07, 6.45) is 0. The Morgan fingerprint density at radius 2 is 2.14 bits per heavy atom. The van der Waals surface area contributed by atoms with Gasteiger partial charge in [-0.2, -0.15) is 0 Å². The number of halogens is 2. The van der Waals surface area contributed by atoms with E-state index in [0.717, 1.165) is 0 Å². The van der Waals surface area contributed by atoms with Crippen molar-refractivity contribution in [2.75, 3.05) is 7.11 Å². The van der Waals surface area contributed by atoms with Gasteiger partial charge in [0.2, 0.25) is 0 Å². The molecule has 0 N–H and O–H groups in total. The van der Waals surface area contributed by atoms with E-state index in [0.29, 0.717) is 10.1 Å². The van der Waals surface area contributed by atoms with E-state index in [1.807, 2.05) is 0 Å². The minimum absolute atomic E-state index is 0.199. The van der Waals surface area contributed by atoms with E-state index in [1.165, 1.54) is 17.7 Å². The first-order valence-electron chi connectivity index (χ1n) is 5.99. The van der Waals surface area contributed by atoms with Crippen LogP contribution in [0.5, 0.6) is 0 Å². The molecule has 2 aromatic heterocycles. The highest BCUT2D eigenvalue weighted by atomic mass is 79.9. The van der Waals surface area contributed by atoms with Crippen LogP contribution in [0.3, 0.4) is 0 Å². The zero-order valence-corrected chi connectivity index (χ0v) is 12.5. The SMILES string of the molecule is COC(=O)c1cccc2nc(-c3cc(Br)ccc3F)nn12. The molecular weight excluding hydrogens is 341 g/mol. The number of hydrogen-bond acceptors (Lipinski definition) is 4. The number of rotatable bonds is 2. The van der Waals surface area contributed by atoms with Crippen LogP contribution in [0, 0.1) is 5.82 Å². The van der Waals surface area contributed by atoms with Crippen molar-refractivity contribution in [3.05, 3.63) is 52.4 Å². The maximum Gasteiger partial charge on any atom is 0.356 e. The summed E-state index contributed by atoms with van der Waals surface area (Å²) < 4.78 is 20.6. The molecule has 0 spiro atoms. The lowest BCUT2D eigenvalue weighted by molar-refractivity contribution is 0.0591. The van der Waals surface area contributed by atoms with Crippen molar-refractivity contribution < 1.29 is 13.9 Å². The third kappa shape index (κ3) is 2.40. The van der Waals surface area contributed by atoms with Crippen LogP contribution in [-0.4, -0.2) is 27.7 Å². The molecule has 7 heteroatoms. The summed E-state index contributed by atoms with van der Waals surface area (Å²) in [5.41, 5.74) is 0.917. The van der Waals surface area contributed by atoms with Crippen molar-refractivity contribution in [2.45, 2.75) is 0 Å². The smallest absolute Gasteiger partial charge is 0.356 e. The molecule has 2 heterocycles. The maximum atomic E-state index is 13.9. The average molecular weight is 350 g/mol. The monoisotopic (exact) mass is 349 g/mol. The van der Waals surface area contributed by atoms with Crippen molar-refractivity contribution in [3.8, 4) is 11.4 Å². The van der Waals surface area contributed by atoms with Gasteiger partial charge in [-0.3, -0.25) is 0 Å². The molecule has 3 rings (SSSR count). The Labute approximate surface area is 127 Å². The lowest BCUT2D eigenvalue weighted by Crippen LogP contribution is -2.08. The lowest BCUT2D eigenvalue weighted by atomic mass is 10.2. The fourth-order valence-electron chi connectivity index (χ4n) is 1.95. The normalized spacial score (nSPS) is 10.8. The summed E-state index contributed by atoms with van der Waals surface area (Å²) >= 11 is 3.28. The van der Waals surface area contributed by atoms with Crippen molar-refractivity contribution in [2.24, 2.45) is 0 Å². The number of hydrogen-bond donors (Lipinski definition) is 0. The summed E-state index contributed by atoms with van der Waals surface area (Å²) in [6, 6.07) is 9.41. The molecule has 0 saturated heterocycles. The van der Waals surface area contributed by atoms with Gasteiger partial charge in [-0.1, -0.05) is 22.0 Å². The fraction of sp³-hybridized carbons (Fsp3) is 0.0714. The zero-order valence-electron chi connectivity index (χ0n) is 10.9. The van der Waals surface area contributed by atoms with E-state index >= 15 is 0 Å². The van der Waals surface area contributed by atoms with Crippen LogP contribution in [-0.2, 0) is 4.74 Å². The predicted octanol–water partition coefficient (Wildman–Crippen LogP) is 3.08. The molecule has 0 aliphatic heterocycles. The second-order valence-electron chi connectivity index (χ2n) is 4.23. The van der Waals surface area contributed by atoms with Gasteiger partial charge in [-0.05, 0) is 30.3 Å². The summed E-state index contributed by atoms with van der Waals surface area (Å²) in [4.78, 5) is 15.9. The molecule has 0 fully saturated rings. The van der Waals surface area contributed by atoms with E-state index in [9.17, 15) is 9.18 Å². The number of aromatic nitrogens is 3. The Morgan fingerprint density at radius 3 is 2.90 bits per heavy atom. The molecule has 0 amide bonds. The summed E-state index contributed by atoms with van der Waals surface area (Å²) in [5.74, 6) is -0.773. The zero-order chi connectivity index (χ0) is 15.0. The third-order valence-corrected chi connectivity index (χ3v) is 3.42. The van der Waals surface area contributed by atoms with Crippen molar-refractivity contribution in [1.29, 1.82) is 0 Å². The number of fused-ring (bicyclic) bond motifs is 1. The first kappa shape index (κ1) is 13.7. The van der Waals surface area contributed by atoms with Gasteiger partial charge in [0.15, 0.2) is 17.2 Å². The molecule has 1 aromatic carbocycles. The largest absolute Gasteiger partial charge is 0.464 e. The molecule has 0 unspecified atom stereocenters. The number of ether oxygens (including phenoxy) is 1. The number of benzene rings is 1. The van der Waals surface area contributed by atoms with Gasteiger partial charge >= 0.3 is 5.97 Å². The predicted molar refractivity (Wildman–Crippen MR) is 77.4 cm³/mol. The molecule has 21 heavy (non-hydrogen) atoms. The molecule has 3 aromatic rings. The number of carbonyl (C=O) groups is 1. The van der Waals surface area contributed by atoms with E-state index < -0.39 is 11.8 Å². The first-order valence-corrected chi connectivity index (χ1v) is 6.79. The molecule has 0 aliphatic rings. The molecule has 0 atom stereocenters. The highest BCUT2D eigenvalue weighted by Crippen LogP contribution is 2.24. The molecule has 106 valence electrons. The fourth-order valence-corrected chi connectivity index (χ4v) is 2.31. The Kier molecular flexibility index (Phi) is 3.42.